The molecule has 0 saturated carbocycles. The van der Waals surface area contributed by atoms with Crippen molar-refractivity contribution >= 4 is 11.8 Å². The molecule has 0 aliphatic carbocycles. The fourth-order valence-electron chi connectivity index (χ4n) is 1.71. The summed E-state index contributed by atoms with van der Waals surface area (Å²) in [4.78, 5) is 23.0. The van der Waals surface area contributed by atoms with Gasteiger partial charge in [0.15, 0.2) is 5.78 Å². The van der Waals surface area contributed by atoms with E-state index in [2.05, 4.69) is 4.74 Å². The summed E-state index contributed by atoms with van der Waals surface area (Å²) < 4.78 is 9.58. The lowest BCUT2D eigenvalue weighted by molar-refractivity contribution is 0.0593. The van der Waals surface area contributed by atoms with Gasteiger partial charge in [0.25, 0.3) is 0 Å². The zero-order chi connectivity index (χ0) is 13.2. The van der Waals surface area contributed by atoms with E-state index in [1.807, 2.05) is 0 Å². The largest absolute Gasteiger partial charge is 0.507 e. The minimum absolute atomic E-state index is 0.0434. The fraction of sp³-hybridized carbons (Fsp3) is 0.333. The maximum atomic E-state index is 11.5. The molecule has 0 unspecified atom stereocenters. The van der Waals surface area contributed by atoms with Crippen molar-refractivity contribution in [3.05, 3.63) is 22.8 Å². The smallest absolute Gasteiger partial charge is 0.345 e. The van der Waals surface area contributed by atoms with Crippen LogP contribution in [-0.4, -0.2) is 31.1 Å². The molecule has 0 radical (unpaired) electrons. The molecule has 1 aromatic carbocycles. The SMILES string of the molecule is COC(=O)c1c(O)cc(C)c(C(C)=O)c1OC. The van der Waals surface area contributed by atoms with E-state index in [0.717, 1.165) is 0 Å². The molecule has 1 rings (SSSR count). The quantitative estimate of drug-likeness (QED) is 0.641. The summed E-state index contributed by atoms with van der Waals surface area (Å²) in [6, 6.07) is 1.34. The fourth-order valence-corrected chi connectivity index (χ4v) is 1.71. The number of ketones is 1. The van der Waals surface area contributed by atoms with Crippen LogP contribution in [0.25, 0.3) is 0 Å². The topological polar surface area (TPSA) is 72.8 Å². The van der Waals surface area contributed by atoms with E-state index < -0.39 is 5.97 Å². The van der Waals surface area contributed by atoms with Crippen molar-refractivity contribution in [3.63, 3.8) is 0 Å². The highest BCUT2D eigenvalue weighted by atomic mass is 16.5. The number of aryl methyl sites for hydroxylation is 1. The van der Waals surface area contributed by atoms with Crippen LogP contribution in [0.2, 0.25) is 0 Å². The van der Waals surface area contributed by atoms with E-state index in [-0.39, 0.29) is 28.4 Å². The number of Topliss-reactive ketones (excluding diaryl/α,β-unsaturated/α-hetero) is 1. The van der Waals surface area contributed by atoms with Crippen LogP contribution >= 0.6 is 0 Å². The Hall–Kier alpha value is -2.04. The molecule has 0 bridgehead atoms. The Morgan fingerprint density at radius 1 is 1.24 bits per heavy atom. The number of rotatable bonds is 3. The van der Waals surface area contributed by atoms with Crippen molar-refractivity contribution in [2.24, 2.45) is 0 Å². The summed E-state index contributed by atoms with van der Waals surface area (Å²) in [7, 11) is 2.52. The molecular formula is C12H14O5. The molecule has 5 nitrogen and oxygen atoms in total. The minimum Gasteiger partial charge on any atom is -0.507 e. The van der Waals surface area contributed by atoms with Crippen molar-refractivity contribution in [3.8, 4) is 11.5 Å². The zero-order valence-corrected chi connectivity index (χ0v) is 10.2. The molecule has 0 aromatic heterocycles. The second-order valence-corrected chi connectivity index (χ2v) is 3.54. The van der Waals surface area contributed by atoms with Gasteiger partial charge >= 0.3 is 5.97 Å². The van der Waals surface area contributed by atoms with Crippen LogP contribution in [0.3, 0.4) is 0 Å². The first-order valence-electron chi connectivity index (χ1n) is 4.93. The standard InChI is InChI=1S/C12H14O5/c1-6-5-8(14)10(12(15)17-4)11(16-3)9(6)7(2)13/h5,14H,1-4H3. The summed E-state index contributed by atoms with van der Waals surface area (Å²) in [6.45, 7) is 3.02. The lowest BCUT2D eigenvalue weighted by atomic mass is 9.99. The van der Waals surface area contributed by atoms with Crippen molar-refractivity contribution in [2.75, 3.05) is 14.2 Å². The van der Waals surface area contributed by atoms with E-state index in [0.29, 0.717) is 5.56 Å². The minimum atomic E-state index is -0.748. The van der Waals surface area contributed by atoms with Gasteiger partial charge in [-0.05, 0) is 25.5 Å². The van der Waals surface area contributed by atoms with Crippen molar-refractivity contribution in [2.45, 2.75) is 13.8 Å². The molecular weight excluding hydrogens is 224 g/mol. The van der Waals surface area contributed by atoms with Gasteiger partial charge in [-0.15, -0.1) is 0 Å². The third kappa shape index (κ3) is 2.22. The Morgan fingerprint density at radius 3 is 2.24 bits per heavy atom. The average Bonchev–Trinajstić information content (AvgIpc) is 2.26. The first-order chi connectivity index (χ1) is 7.93. The summed E-state index contributed by atoms with van der Waals surface area (Å²) >= 11 is 0. The summed E-state index contributed by atoms with van der Waals surface area (Å²) in [6.07, 6.45) is 0. The normalized spacial score (nSPS) is 9.88. The molecule has 0 saturated heterocycles. The Balaban J connectivity index is 3.65. The second kappa shape index (κ2) is 4.86. The highest BCUT2D eigenvalue weighted by Gasteiger charge is 2.25. The first-order valence-corrected chi connectivity index (χ1v) is 4.93. The van der Waals surface area contributed by atoms with Crippen molar-refractivity contribution < 1.29 is 24.2 Å². The lowest BCUT2D eigenvalue weighted by Gasteiger charge is -2.14. The third-order valence-electron chi connectivity index (χ3n) is 2.40. The molecule has 1 aromatic rings. The Morgan fingerprint density at radius 2 is 1.82 bits per heavy atom. The number of methoxy groups -OCH3 is 2. The van der Waals surface area contributed by atoms with Crippen molar-refractivity contribution in [1.82, 2.24) is 0 Å². The van der Waals surface area contributed by atoms with Crippen molar-refractivity contribution in [1.29, 1.82) is 0 Å². The highest BCUT2D eigenvalue weighted by molar-refractivity contribution is 6.05. The molecule has 0 aliphatic heterocycles. The zero-order valence-electron chi connectivity index (χ0n) is 10.2. The number of esters is 1. The van der Waals surface area contributed by atoms with Crippen LogP contribution < -0.4 is 4.74 Å². The van der Waals surface area contributed by atoms with Gasteiger partial charge in [0.2, 0.25) is 0 Å². The molecule has 5 heteroatoms. The Bertz CT molecular complexity index is 476. The van der Waals surface area contributed by atoms with Crippen LogP contribution in [0.1, 0.15) is 33.2 Å². The van der Waals surface area contributed by atoms with Crippen LogP contribution in [0.5, 0.6) is 11.5 Å². The molecule has 0 atom stereocenters. The number of carbonyl (C=O) groups excluding carboxylic acids is 2. The molecule has 1 N–H and O–H groups in total. The number of benzene rings is 1. The van der Waals surface area contributed by atoms with E-state index in [9.17, 15) is 14.7 Å². The molecule has 0 fully saturated rings. The number of carbonyl (C=O) groups is 2. The predicted octanol–water partition coefficient (Wildman–Crippen LogP) is 1.70. The molecule has 0 amide bonds. The molecule has 0 spiro atoms. The van der Waals surface area contributed by atoms with Gasteiger partial charge in [-0.1, -0.05) is 0 Å². The van der Waals surface area contributed by atoms with E-state index >= 15 is 0 Å². The number of hydrogen-bond acceptors (Lipinski definition) is 5. The van der Waals surface area contributed by atoms with Gasteiger partial charge in [-0.3, -0.25) is 4.79 Å². The number of hydrogen-bond donors (Lipinski definition) is 1. The van der Waals surface area contributed by atoms with E-state index in [4.69, 9.17) is 4.74 Å². The third-order valence-corrected chi connectivity index (χ3v) is 2.40. The van der Waals surface area contributed by atoms with Crippen LogP contribution in [-0.2, 0) is 4.74 Å². The van der Waals surface area contributed by atoms with Gasteiger partial charge in [0.05, 0.1) is 19.8 Å². The maximum absolute atomic E-state index is 11.5. The Labute approximate surface area is 99.0 Å². The number of aromatic hydroxyl groups is 1. The molecule has 0 aliphatic rings. The van der Waals surface area contributed by atoms with E-state index in [1.165, 1.54) is 27.2 Å². The predicted molar refractivity (Wildman–Crippen MR) is 60.7 cm³/mol. The van der Waals surface area contributed by atoms with Crippen LogP contribution in [0, 0.1) is 6.92 Å². The maximum Gasteiger partial charge on any atom is 0.345 e. The monoisotopic (exact) mass is 238 g/mol. The van der Waals surface area contributed by atoms with Gasteiger partial charge in [-0.25, -0.2) is 4.79 Å². The van der Waals surface area contributed by atoms with Gasteiger partial charge in [-0.2, -0.15) is 0 Å². The molecule has 92 valence electrons. The summed E-state index contributed by atoms with van der Waals surface area (Å²) in [5, 5.41) is 9.72. The number of phenolic OH excluding ortho intramolecular Hbond substituents is 1. The van der Waals surface area contributed by atoms with Gasteiger partial charge in [0.1, 0.15) is 17.1 Å². The first kappa shape index (κ1) is 13.0. The Kier molecular flexibility index (Phi) is 3.73. The summed E-state index contributed by atoms with van der Waals surface area (Å²) in [5.41, 5.74) is 0.677. The van der Waals surface area contributed by atoms with E-state index in [1.54, 1.807) is 6.92 Å². The number of phenols is 1. The van der Waals surface area contributed by atoms with Crippen LogP contribution in [0.15, 0.2) is 6.07 Å². The highest BCUT2D eigenvalue weighted by Crippen LogP contribution is 2.35. The summed E-state index contributed by atoms with van der Waals surface area (Å²) in [5.74, 6) is -1.22. The molecule has 0 heterocycles. The number of ether oxygens (including phenoxy) is 2. The van der Waals surface area contributed by atoms with Gasteiger partial charge < -0.3 is 14.6 Å². The van der Waals surface area contributed by atoms with Gasteiger partial charge in [0, 0.05) is 0 Å². The lowest BCUT2D eigenvalue weighted by Crippen LogP contribution is -2.10. The second-order valence-electron chi connectivity index (χ2n) is 3.54. The van der Waals surface area contributed by atoms with Crippen LogP contribution in [0.4, 0.5) is 0 Å². The molecule has 17 heavy (non-hydrogen) atoms. The average molecular weight is 238 g/mol.